The first kappa shape index (κ1) is 16.3. The van der Waals surface area contributed by atoms with Crippen molar-refractivity contribution < 1.29 is 0 Å². The molecule has 3 rings (SSSR count). The van der Waals surface area contributed by atoms with E-state index in [4.69, 9.17) is 0 Å². The molecule has 0 aliphatic carbocycles. The average molecular weight is 342 g/mol. The van der Waals surface area contributed by atoms with Gasteiger partial charge in [-0.15, -0.1) is 11.8 Å². The molecule has 0 saturated heterocycles. The molecule has 0 aliphatic heterocycles. The fourth-order valence-electron chi connectivity index (χ4n) is 2.13. The van der Waals surface area contributed by atoms with Crippen molar-refractivity contribution in [1.82, 2.24) is 25.1 Å². The van der Waals surface area contributed by atoms with Gasteiger partial charge in [0.25, 0.3) is 0 Å². The zero-order valence-corrected chi connectivity index (χ0v) is 13.8. The highest BCUT2D eigenvalue weighted by Crippen LogP contribution is 2.21. The highest BCUT2D eigenvalue weighted by atomic mass is 32.2. The maximum Gasteiger partial charge on any atom is 0.340 e. The number of rotatable bonds is 8. The van der Waals surface area contributed by atoms with Crippen LogP contribution in [0.15, 0.2) is 52.5 Å². The van der Waals surface area contributed by atoms with Crippen molar-refractivity contribution in [2.45, 2.75) is 23.6 Å². The molecule has 8 heteroatoms. The summed E-state index contributed by atoms with van der Waals surface area (Å²) in [5.41, 5.74) is 0.989. The van der Waals surface area contributed by atoms with Crippen molar-refractivity contribution in [2.75, 3.05) is 11.9 Å². The third kappa shape index (κ3) is 4.95. The number of thioether (sulfide) groups is 1. The second kappa shape index (κ2) is 8.30. The van der Waals surface area contributed by atoms with Gasteiger partial charge in [0.2, 0.25) is 0 Å². The van der Waals surface area contributed by atoms with Gasteiger partial charge < -0.3 is 5.32 Å². The van der Waals surface area contributed by atoms with Crippen molar-refractivity contribution in [3.8, 4) is 0 Å². The minimum absolute atomic E-state index is 0.271. The SMILES string of the molecule is O=c1[nH]nc(CCCNc2cncc(SCc3ccccc3)n2)[nH]1. The van der Waals surface area contributed by atoms with E-state index in [1.165, 1.54) is 5.56 Å². The van der Waals surface area contributed by atoms with Crippen molar-refractivity contribution in [1.29, 1.82) is 0 Å². The first-order chi connectivity index (χ1) is 11.8. The number of nitrogens with zero attached hydrogens (tertiary/aromatic N) is 3. The van der Waals surface area contributed by atoms with Gasteiger partial charge in [-0.3, -0.25) is 9.97 Å². The van der Waals surface area contributed by atoms with E-state index in [2.05, 4.69) is 42.6 Å². The summed E-state index contributed by atoms with van der Waals surface area (Å²) < 4.78 is 0. The first-order valence-electron chi connectivity index (χ1n) is 7.66. The molecule has 3 N–H and O–H groups in total. The molecule has 0 spiro atoms. The van der Waals surface area contributed by atoms with E-state index in [0.717, 1.165) is 29.6 Å². The number of anilines is 1. The molecule has 2 heterocycles. The highest BCUT2D eigenvalue weighted by Gasteiger charge is 2.02. The highest BCUT2D eigenvalue weighted by molar-refractivity contribution is 7.98. The van der Waals surface area contributed by atoms with Crippen LogP contribution in [0.25, 0.3) is 0 Å². The number of aryl methyl sites for hydroxylation is 1. The number of hydrogen-bond acceptors (Lipinski definition) is 6. The summed E-state index contributed by atoms with van der Waals surface area (Å²) in [5, 5.41) is 10.4. The first-order valence-corrected chi connectivity index (χ1v) is 8.64. The number of aromatic nitrogens is 5. The molecule has 0 unspecified atom stereocenters. The third-order valence-corrected chi connectivity index (χ3v) is 4.26. The molecule has 0 aliphatic rings. The Hall–Kier alpha value is -2.61. The molecular formula is C16H18N6OS. The summed E-state index contributed by atoms with van der Waals surface area (Å²) >= 11 is 1.66. The molecule has 7 nitrogen and oxygen atoms in total. The molecule has 24 heavy (non-hydrogen) atoms. The van der Waals surface area contributed by atoms with Crippen LogP contribution in [0, 0.1) is 0 Å². The zero-order chi connectivity index (χ0) is 16.6. The van der Waals surface area contributed by atoms with E-state index in [1.54, 1.807) is 24.2 Å². The molecule has 0 bridgehead atoms. The third-order valence-electron chi connectivity index (χ3n) is 3.29. The number of nitrogens with one attached hydrogen (secondary N) is 3. The lowest BCUT2D eigenvalue weighted by atomic mass is 10.2. The van der Waals surface area contributed by atoms with Crippen LogP contribution in [-0.2, 0) is 12.2 Å². The Morgan fingerprint density at radius 3 is 2.83 bits per heavy atom. The van der Waals surface area contributed by atoms with E-state index in [0.29, 0.717) is 12.2 Å². The molecule has 0 radical (unpaired) electrons. The van der Waals surface area contributed by atoms with Crippen LogP contribution in [-0.4, -0.2) is 31.7 Å². The van der Waals surface area contributed by atoms with Crippen LogP contribution in [0.1, 0.15) is 17.8 Å². The Bertz CT molecular complexity index is 816. The summed E-state index contributed by atoms with van der Waals surface area (Å²) in [5.74, 6) is 2.29. The fourth-order valence-corrected chi connectivity index (χ4v) is 2.94. The van der Waals surface area contributed by atoms with Gasteiger partial charge in [0.15, 0.2) is 0 Å². The van der Waals surface area contributed by atoms with Crippen molar-refractivity contribution in [2.24, 2.45) is 0 Å². The van der Waals surface area contributed by atoms with Crippen LogP contribution in [0.5, 0.6) is 0 Å². The van der Waals surface area contributed by atoms with Crippen molar-refractivity contribution >= 4 is 17.6 Å². The zero-order valence-electron chi connectivity index (χ0n) is 13.0. The minimum atomic E-state index is -0.271. The van der Waals surface area contributed by atoms with E-state index in [1.807, 2.05) is 18.2 Å². The monoisotopic (exact) mass is 342 g/mol. The van der Waals surface area contributed by atoms with E-state index >= 15 is 0 Å². The molecule has 0 amide bonds. The van der Waals surface area contributed by atoms with E-state index in [-0.39, 0.29) is 5.69 Å². The fraction of sp³-hybridized carbons (Fsp3) is 0.250. The quantitative estimate of drug-likeness (QED) is 0.429. The van der Waals surface area contributed by atoms with Crippen LogP contribution in [0.2, 0.25) is 0 Å². The number of H-pyrrole nitrogens is 2. The summed E-state index contributed by atoms with van der Waals surface area (Å²) in [6, 6.07) is 10.3. The molecule has 0 saturated carbocycles. The summed E-state index contributed by atoms with van der Waals surface area (Å²) in [6.07, 6.45) is 5.02. The molecular weight excluding hydrogens is 324 g/mol. The van der Waals surface area contributed by atoms with Gasteiger partial charge >= 0.3 is 5.69 Å². The Kier molecular flexibility index (Phi) is 5.62. The number of benzene rings is 1. The maximum absolute atomic E-state index is 10.9. The lowest BCUT2D eigenvalue weighted by Gasteiger charge is -2.06. The van der Waals surface area contributed by atoms with Gasteiger partial charge in [-0.1, -0.05) is 30.3 Å². The van der Waals surface area contributed by atoms with E-state index in [9.17, 15) is 4.79 Å². The van der Waals surface area contributed by atoms with Gasteiger partial charge in [-0.05, 0) is 12.0 Å². The van der Waals surface area contributed by atoms with Crippen molar-refractivity contribution in [3.05, 3.63) is 64.6 Å². The minimum Gasteiger partial charge on any atom is -0.369 e. The Morgan fingerprint density at radius 1 is 1.17 bits per heavy atom. The van der Waals surface area contributed by atoms with E-state index < -0.39 is 0 Å². The average Bonchev–Trinajstić information content (AvgIpc) is 3.04. The van der Waals surface area contributed by atoms with Crippen molar-refractivity contribution in [3.63, 3.8) is 0 Å². The lowest BCUT2D eigenvalue weighted by molar-refractivity contribution is 0.801. The van der Waals surface area contributed by atoms with Crippen LogP contribution >= 0.6 is 11.8 Å². The second-order valence-corrected chi connectivity index (χ2v) is 6.17. The maximum atomic E-state index is 10.9. The standard InChI is InChI=1S/C16H18N6OS/c23-16-20-13(21-22-16)7-4-8-18-14-9-17-10-15(19-14)24-11-12-5-2-1-3-6-12/h1-3,5-6,9-10H,4,7-8,11H2,(H,18,19)(H2,20,21,22,23). The molecule has 2 aromatic heterocycles. The predicted octanol–water partition coefficient (Wildman–Crippen LogP) is 2.22. The Labute approximate surface area is 143 Å². The Morgan fingerprint density at radius 2 is 2.04 bits per heavy atom. The normalized spacial score (nSPS) is 10.7. The van der Waals surface area contributed by atoms with Crippen LogP contribution < -0.4 is 11.0 Å². The van der Waals surface area contributed by atoms with Gasteiger partial charge in [0, 0.05) is 18.7 Å². The summed E-state index contributed by atoms with van der Waals surface area (Å²) in [4.78, 5) is 22.3. The van der Waals surface area contributed by atoms with Gasteiger partial charge in [0.05, 0.1) is 12.4 Å². The van der Waals surface area contributed by atoms with Gasteiger partial charge in [0.1, 0.15) is 16.7 Å². The Balaban J connectivity index is 1.45. The number of hydrogen-bond donors (Lipinski definition) is 3. The summed E-state index contributed by atoms with van der Waals surface area (Å²) in [6.45, 7) is 0.733. The molecule has 124 valence electrons. The summed E-state index contributed by atoms with van der Waals surface area (Å²) in [7, 11) is 0. The topological polar surface area (TPSA) is 99.3 Å². The predicted molar refractivity (Wildman–Crippen MR) is 94.1 cm³/mol. The molecule has 1 aromatic carbocycles. The van der Waals surface area contributed by atoms with Crippen LogP contribution in [0.3, 0.4) is 0 Å². The van der Waals surface area contributed by atoms with Gasteiger partial charge in [-0.25, -0.2) is 14.9 Å². The molecule has 0 fully saturated rings. The number of aromatic amines is 2. The largest absolute Gasteiger partial charge is 0.369 e. The molecule has 3 aromatic rings. The van der Waals surface area contributed by atoms with Crippen LogP contribution in [0.4, 0.5) is 5.82 Å². The lowest BCUT2D eigenvalue weighted by Crippen LogP contribution is -2.06. The van der Waals surface area contributed by atoms with Gasteiger partial charge in [-0.2, -0.15) is 5.10 Å². The molecule has 0 atom stereocenters. The second-order valence-electron chi connectivity index (χ2n) is 5.17. The smallest absolute Gasteiger partial charge is 0.340 e.